The molecule has 0 aliphatic carbocycles. The van der Waals surface area contributed by atoms with Gasteiger partial charge in [-0.2, -0.15) is 0 Å². The lowest BCUT2D eigenvalue weighted by Gasteiger charge is -2.46. The summed E-state index contributed by atoms with van der Waals surface area (Å²) in [5.41, 5.74) is 6.01. The highest BCUT2D eigenvalue weighted by molar-refractivity contribution is 6.20. The van der Waals surface area contributed by atoms with Gasteiger partial charge in [0, 0.05) is 6.04 Å². The summed E-state index contributed by atoms with van der Waals surface area (Å²) in [6.07, 6.45) is 2.51. The van der Waals surface area contributed by atoms with Crippen LogP contribution < -0.4 is 5.73 Å². The van der Waals surface area contributed by atoms with E-state index in [9.17, 15) is 0 Å². The van der Waals surface area contributed by atoms with Crippen LogP contribution >= 0.6 is 11.6 Å². The molecule has 0 aromatic rings. The standard InChI is InChI=1S/C7H13ClN2/c8-7-6(9)5-1-3-10(7)4-2-5/h5-7H,1-4,9H2/t6?,7-/m0/s1. The van der Waals surface area contributed by atoms with Crippen molar-refractivity contribution in [3.8, 4) is 0 Å². The third-order valence-corrected chi connectivity index (χ3v) is 3.35. The minimum atomic E-state index is 0.118. The van der Waals surface area contributed by atoms with Gasteiger partial charge in [-0.3, -0.25) is 4.90 Å². The van der Waals surface area contributed by atoms with Crippen LogP contribution in [-0.2, 0) is 0 Å². The molecule has 0 amide bonds. The van der Waals surface area contributed by atoms with Gasteiger partial charge in [0.05, 0.1) is 0 Å². The van der Waals surface area contributed by atoms with Crippen molar-refractivity contribution in [2.75, 3.05) is 13.1 Å². The Morgan fingerprint density at radius 2 is 1.90 bits per heavy atom. The molecule has 3 rings (SSSR count). The van der Waals surface area contributed by atoms with Crippen LogP contribution in [0.15, 0.2) is 0 Å². The zero-order valence-electron chi connectivity index (χ0n) is 5.96. The molecule has 0 aromatic carbocycles. The van der Waals surface area contributed by atoms with Crippen molar-refractivity contribution >= 4 is 11.6 Å². The number of nitrogens with zero attached hydrogens (tertiary/aromatic N) is 1. The average molecular weight is 161 g/mol. The lowest BCUT2D eigenvalue weighted by Crippen LogP contribution is -2.58. The van der Waals surface area contributed by atoms with Crippen molar-refractivity contribution in [3.05, 3.63) is 0 Å². The molecule has 3 heterocycles. The van der Waals surface area contributed by atoms with Gasteiger partial charge >= 0.3 is 0 Å². The highest BCUT2D eigenvalue weighted by atomic mass is 35.5. The van der Waals surface area contributed by atoms with Gasteiger partial charge in [0.15, 0.2) is 0 Å². The first kappa shape index (κ1) is 6.89. The second-order valence-corrected chi connectivity index (χ2v) is 3.77. The molecular weight excluding hydrogens is 148 g/mol. The third-order valence-electron chi connectivity index (χ3n) is 2.78. The molecule has 0 spiro atoms. The molecule has 2 nitrogen and oxygen atoms in total. The summed E-state index contributed by atoms with van der Waals surface area (Å²) in [6.45, 7) is 2.32. The molecule has 3 fully saturated rings. The van der Waals surface area contributed by atoms with Crippen molar-refractivity contribution < 1.29 is 0 Å². The van der Waals surface area contributed by atoms with E-state index in [0.717, 1.165) is 13.1 Å². The Hall–Kier alpha value is 0.210. The molecule has 3 heteroatoms. The SMILES string of the molecule is NC1C2CCN(CC2)[C@@H]1Cl. The molecule has 3 aliphatic heterocycles. The number of nitrogens with two attached hydrogens (primary N) is 1. The first-order valence-corrected chi connectivity index (χ1v) is 4.36. The van der Waals surface area contributed by atoms with Crippen LogP contribution in [0.1, 0.15) is 12.8 Å². The minimum Gasteiger partial charge on any atom is -0.325 e. The first-order chi connectivity index (χ1) is 4.79. The van der Waals surface area contributed by atoms with Crippen molar-refractivity contribution in [2.24, 2.45) is 11.7 Å². The number of hydrogen-bond acceptors (Lipinski definition) is 2. The Kier molecular flexibility index (Phi) is 1.63. The lowest BCUT2D eigenvalue weighted by atomic mass is 9.84. The fourth-order valence-corrected chi connectivity index (χ4v) is 2.42. The molecule has 2 atom stereocenters. The van der Waals surface area contributed by atoms with E-state index >= 15 is 0 Å². The van der Waals surface area contributed by atoms with Crippen LogP contribution in [0.2, 0.25) is 0 Å². The topological polar surface area (TPSA) is 29.3 Å². The Labute approximate surface area is 66.3 Å². The van der Waals surface area contributed by atoms with Crippen LogP contribution in [-0.4, -0.2) is 29.5 Å². The van der Waals surface area contributed by atoms with Crippen molar-refractivity contribution in [1.82, 2.24) is 4.90 Å². The molecule has 1 unspecified atom stereocenters. The van der Waals surface area contributed by atoms with Crippen molar-refractivity contribution in [1.29, 1.82) is 0 Å². The third kappa shape index (κ3) is 0.865. The Morgan fingerprint density at radius 3 is 2.20 bits per heavy atom. The van der Waals surface area contributed by atoms with Gasteiger partial charge in [0.25, 0.3) is 0 Å². The summed E-state index contributed by atoms with van der Waals surface area (Å²) >= 11 is 6.06. The molecule has 3 saturated heterocycles. The van der Waals surface area contributed by atoms with Crippen molar-refractivity contribution in [3.63, 3.8) is 0 Å². The van der Waals surface area contributed by atoms with Crippen LogP contribution in [0.3, 0.4) is 0 Å². The van der Waals surface area contributed by atoms with Crippen LogP contribution in [0, 0.1) is 5.92 Å². The molecule has 0 saturated carbocycles. The molecule has 58 valence electrons. The summed E-state index contributed by atoms with van der Waals surface area (Å²) in [5, 5.41) is 0. The Morgan fingerprint density at radius 1 is 1.30 bits per heavy atom. The van der Waals surface area contributed by atoms with Gasteiger partial charge in [-0.05, 0) is 31.8 Å². The number of fused-ring (bicyclic) bond motifs is 3. The van der Waals surface area contributed by atoms with Crippen LogP contribution in [0.5, 0.6) is 0 Å². The summed E-state index contributed by atoms with van der Waals surface area (Å²) in [4.78, 5) is 2.28. The van der Waals surface area contributed by atoms with E-state index in [1.807, 2.05) is 0 Å². The predicted molar refractivity (Wildman–Crippen MR) is 41.9 cm³/mol. The quantitative estimate of drug-likeness (QED) is 0.416. The number of alkyl halides is 1. The molecule has 2 bridgehead atoms. The second kappa shape index (κ2) is 2.36. The van der Waals surface area contributed by atoms with Gasteiger partial charge in [-0.1, -0.05) is 0 Å². The second-order valence-electron chi connectivity index (χ2n) is 3.32. The van der Waals surface area contributed by atoms with E-state index in [1.165, 1.54) is 12.8 Å². The number of piperidine rings is 3. The molecule has 10 heavy (non-hydrogen) atoms. The largest absolute Gasteiger partial charge is 0.325 e. The van der Waals surface area contributed by atoms with Gasteiger partial charge in [-0.25, -0.2) is 0 Å². The van der Waals surface area contributed by atoms with E-state index < -0.39 is 0 Å². The van der Waals surface area contributed by atoms with Gasteiger partial charge in [0.2, 0.25) is 0 Å². The molecule has 2 N–H and O–H groups in total. The molecule has 0 aromatic heterocycles. The smallest absolute Gasteiger partial charge is 0.101 e. The Bertz CT molecular complexity index is 112. The van der Waals surface area contributed by atoms with E-state index in [4.69, 9.17) is 17.3 Å². The van der Waals surface area contributed by atoms with Crippen molar-refractivity contribution in [2.45, 2.75) is 24.4 Å². The normalized spacial score (nSPS) is 53.4. The summed E-state index contributed by atoms with van der Waals surface area (Å²) in [5.74, 6) is 0.701. The highest BCUT2D eigenvalue weighted by Gasteiger charge is 2.38. The molecule has 0 radical (unpaired) electrons. The van der Waals surface area contributed by atoms with E-state index in [0.29, 0.717) is 5.92 Å². The lowest BCUT2D eigenvalue weighted by molar-refractivity contribution is 0.0682. The predicted octanol–water partition coefficient (Wildman–Crippen LogP) is 0.604. The molecular formula is C7H13ClN2. The van der Waals surface area contributed by atoms with E-state index in [2.05, 4.69) is 4.90 Å². The summed E-state index contributed by atoms with van der Waals surface area (Å²) in [7, 11) is 0. The van der Waals surface area contributed by atoms with Crippen LogP contribution in [0.4, 0.5) is 0 Å². The maximum Gasteiger partial charge on any atom is 0.101 e. The van der Waals surface area contributed by atoms with Crippen LogP contribution in [0.25, 0.3) is 0 Å². The molecule has 3 aliphatic rings. The summed E-state index contributed by atoms with van der Waals surface area (Å²) in [6, 6.07) is 0.226. The highest BCUT2D eigenvalue weighted by Crippen LogP contribution is 2.32. The Balaban J connectivity index is 2.13. The zero-order valence-corrected chi connectivity index (χ0v) is 6.72. The average Bonchev–Trinajstić information content (AvgIpc) is 2.00. The first-order valence-electron chi connectivity index (χ1n) is 3.93. The number of halogens is 1. The maximum atomic E-state index is 6.06. The fraction of sp³-hybridized carbons (Fsp3) is 1.00. The van der Waals surface area contributed by atoms with E-state index in [-0.39, 0.29) is 11.5 Å². The summed E-state index contributed by atoms with van der Waals surface area (Å²) < 4.78 is 0. The maximum absolute atomic E-state index is 6.06. The monoisotopic (exact) mass is 160 g/mol. The fourth-order valence-electron chi connectivity index (χ4n) is 2.02. The minimum absolute atomic E-state index is 0.118. The van der Waals surface area contributed by atoms with Gasteiger partial charge < -0.3 is 5.73 Å². The number of rotatable bonds is 0. The van der Waals surface area contributed by atoms with Gasteiger partial charge in [0.1, 0.15) is 5.50 Å². The van der Waals surface area contributed by atoms with Gasteiger partial charge in [-0.15, -0.1) is 11.6 Å². The van der Waals surface area contributed by atoms with E-state index in [1.54, 1.807) is 0 Å². The number of hydrogen-bond donors (Lipinski definition) is 1. The zero-order chi connectivity index (χ0) is 7.14.